The SMILES string of the molecule is CC1(C)CC2(C(C)(C)C)CC2(C(C)(C)C)C1=O. The summed E-state index contributed by atoms with van der Waals surface area (Å²) in [5.41, 5.74) is 0.355. The molecule has 2 fully saturated rings. The quantitative estimate of drug-likeness (QED) is 0.607. The van der Waals surface area contributed by atoms with E-state index < -0.39 is 0 Å². The predicted octanol–water partition coefficient (Wildman–Crippen LogP) is 4.45. The van der Waals surface area contributed by atoms with Gasteiger partial charge in [0.1, 0.15) is 5.78 Å². The number of hydrogen-bond acceptors (Lipinski definition) is 1. The van der Waals surface area contributed by atoms with Gasteiger partial charge >= 0.3 is 0 Å². The molecule has 2 aliphatic rings. The Bertz CT molecular complexity index is 377. The maximum Gasteiger partial charge on any atom is 0.145 e. The molecule has 0 aromatic heterocycles. The van der Waals surface area contributed by atoms with Gasteiger partial charge in [0.15, 0.2) is 0 Å². The molecule has 0 aliphatic heterocycles. The van der Waals surface area contributed by atoms with Crippen molar-refractivity contribution in [3.8, 4) is 0 Å². The van der Waals surface area contributed by atoms with Crippen LogP contribution in [0.5, 0.6) is 0 Å². The zero-order valence-corrected chi connectivity index (χ0v) is 12.8. The van der Waals surface area contributed by atoms with Gasteiger partial charge in [0, 0.05) is 10.8 Å². The minimum absolute atomic E-state index is 0.0677. The Balaban J connectivity index is 2.58. The van der Waals surface area contributed by atoms with Crippen LogP contribution in [-0.4, -0.2) is 5.78 Å². The summed E-state index contributed by atoms with van der Waals surface area (Å²) >= 11 is 0. The molecule has 2 atom stereocenters. The van der Waals surface area contributed by atoms with Crippen molar-refractivity contribution in [3.63, 3.8) is 0 Å². The number of carbonyl (C=O) groups excluding carboxylic acids is 1. The molecule has 0 spiro atoms. The summed E-state index contributed by atoms with van der Waals surface area (Å²) < 4.78 is 0. The van der Waals surface area contributed by atoms with Gasteiger partial charge in [-0.05, 0) is 29.1 Å². The molecule has 0 N–H and O–H groups in total. The third-order valence-electron chi connectivity index (χ3n) is 5.72. The molecule has 2 rings (SSSR count). The molecule has 1 heteroatoms. The molecule has 0 amide bonds. The van der Waals surface area contributed by atoms with Crippen LogP contribution >= 0.6 is 0 Å². The fraction of sp³-hybridized carbons (Fsp3) is 0.938. The second-order valence-corrected chi connectivity index (χ2v) is 9.05. The highest BCUT2D eigenvalue weighted by atomic mass is 16.1. The highest BCUT2D eigenvalue weighted by molar-refractivity contribution is 5.97. The molecule has 0 bridgehead atoms. The second-order valence-electron chi connectivity index (χ2n) is 9.05. The van der Waals surface area contributed by atoms with E-state index >= 15 is 0 Å². The molecule has 0 radical (unpaired) electrons. The Morgan fingerprint density at radius 2 is 1.35 bits per heavy atom. The zero-order valence-electron chi connectivity index (χ0n) is 12.8. The Kier molecular flexibility index (Phi) is 2.16. The van der Waals surface area contributed by atoms with Crippen LogP contribution in [0.3, 0.4) is 0 Å². The van der Waals surface area contributed by atoms with Crippen LogP contribution in [0.1, 0.15) is 68.2 Å². The van der Waals surface area contributed by atoms with E-state index in [-0.39, 0.29) is 27.1 Å². The van der Waals surface area contributed by atoms with E-state index in [4.69, 9.17) is 0 Å². The van der Waals surface area contributed by atoms with Gasteiger partial charge in [-0.15, -0.1) is 0 Å². The average Bonchev–Trinajstić information content (AvgIpc) is 2.67. The molecule has 0 saturated heterocycles. The van der Waals surface area contributed by atoms with Crippen molar-refractivity contribution in [2.75, 3.05) is 0 Å². The lowest BCUT2D eigenvalue weighted by Gasteiger charge is -2.37. The first-order valence-electron chi connectivity index (χ1n) is 6.87. The molecule has 0 aromatic rings. The maximum atomic E-state index is 12.9. The van der Waals surface area contributed by atoms with Crippen molar-refractivity contribution in [2.45, 2.75) is 68.2 Å². The fourth-order valence-corrected chi connectivity index (χ4v) is 4.83. The lowest BCUT2D eigenvalue weighted by atomic mass is 9.66. The van der Waals surface area contributed by atoms with Crippen molar-refractivity contribution in [1.82, 2.24) is 0 Å². The van der Waals surface area contributed by atoms with E-state index in [1.165, 1.54) is 0 Å². The number of ketones is 1. The van der Waals surface area contributed by atoms with E-state index in [9.17, 15) is 4.79 Å². The first kappa shape index (κ1) is 13.1. The monoisotopic (exact) mass is 236 g/mol. The summed E-state index contributed by atoms with van der Waals surface area (Å²) in [5.74, 6) is 0.521. The second kappa shape index (κ2) is 2.81. The van der Waals surface area contributed by atoms with Gasteiger partial charge in [0.2, 0.25) is 0 Å². The molecular weight excluding hydrogens is 208 g/mol. The molecule has 2 aliphatic carbocycles. The van der Waals surface area contributed by atoms with Gasteiger partial charge in [-0.1, -0.05) is 55.4 Å². The third-order valence-corrected chi connectivity index (χ3v) is 5.72. The highest BCUT2D eigenvalue weighted by Crippen LogP contribution is 2.86. The number of hydrogen-bond donors (Lipinski definition) is 0. The zero-order chi connectivity index (χ0) is 13.5. The van der Waals surface area contributed by atoms with E-state index in [0.29, 0.717) is 5.78 Å². The molecule has 98 valence electrons. The first-order valence-corrected chi connectivity index (χ1v) is 6.87. The summed E-state index contributed by atoms with van der Waals surface area (Å²) in [4.78, 5) is 12.9. The molecule has 0 aromatic carbocycles. The Labute approximate surface area is 106 Å². The van der Waals surface area contributed by atoms with Gasteiger partial charge in [-0.2, -0.15) is 0 Å². The molecule has 1 nitrogen and oxygen atoms in total. The van der Waals surface area contributed by atoms with Crippen molar-refractivity contribution < 1.29 is 4.79 Å². The van der Waals surface area contributed by atoms with Crippen LogP contribution in [0.25, 0.3) is 0 Å². The molecular formula is C16H28O. The van der Waals surface area contributed by atoms with Crippen molar-refractivity contribution in [2.24, 2.45) is 27.1 Å². The van der Waals surface area contributed by atoms with Crippen LogP contribution in [0.4, 0.5) is 0 Å². The number of carbonyl (C=O) groups is 1. The predicted molar refractivity (Wildman–Crippen MR) is 71.8 cm³/mol. The molecule has 17 heavy (non-hydrogen) atoms. The van der Waals surface area contributed by atoms with Crippen molar-refractivity contribution >= 4 is 5.78 Å². The normalized spacial score (nSPS) is 40.4. The van der Waals surface area contributed by atoms with E-state index in [1.54, 1.807) is 0 Å². The molecule has 0 heterocycles. The largest absolute Gasteiger partial charge is 0.298 e. The van der Waals surface area contributed by atoms with Crippen molar-refractivity contribution in [3.05, 3.63) is 0 Å². The standard InChI is InChI=1S/C16H28O/c1-12(2,3)15-9-14(7,8)11(17)16(15,10-15)13(4,5)6/h9-10H2,1-8H3. The average molecular weight is 236 g/mol. The van der Waals surface area contributed by atoms with Crippen LogP contribution in [-0.2, 0) is 4.79 Å². The topological polar surface area (TPSA) is 17.1 Å². The van der Waals surface area contributed by atoms with E-state index in [2.05, 4.69) is 55.4 Å². The van der Waals surface area contributed by atoms with Crippen LogP contribution < -0.4 is 0 Å². The molecule has 2 saturated carbocycles. The van der Waals surface area contributed by atoms with Gasteiger partial charge < -0.3 is 0 Å². The summed E-state index contributed by atoms with van der Waals surface area (Å²) in [6, 6.07) is 0. The van der Waals surface area contributed by atoms with Crippen LogP contribution in [0.15, 0.2) is 0 Å². The van der Waals surface area contributed by atoms with E-state index in [1.807, 2.05) is 0 Å². The Morgan fingerprint density at radius 3 is 1.65 bits per heavy atom. The van der Waals surface area contributed by atoms with Crippen molar-refractivity contribution in [1.29, 1.82) is 0 Å². The minimum atomic E-state index is -0.126. The summed E-state index contributed by atoms with van der Waals surface area (Å²) in [5, 5.41) is 0. The first-order chi connectivity index (χ1) is 7.32. The number of Topliss-reactive ketones (excluding diaryl/α,β-unsaturated/α-hetero) is 1. The summed E-state index contributed by atoms with van der Waals surface area (Å²) in [7, 11) is 0. The Morgan fingerprint density at radius 1 is 0.882 bits per heavy atom. The Hall–Kier alpha value is -0.330. The van der Waals surface area contributed by atoms with Gasteiger partial charge in [0.05, 0.1) is 0 Å². The number of fused-ring (bicyclic) bond motifs is 1. The summed E-state index contributed by atoms with van der Waals surface area (Å²) in [6.45, 7) is 18.0. The highest BCUT2D eigenvalue weighted by Gasteiger charge is 2.84. The lowest BCUT2D eigenvalue weighted by Crippen LogP contribution is -2.37. The van der Waals surface area contributed by atoms with Gasteiger partial charge in [0.25, 0.3) is 0 Å². The maximum absolute atomic E-state index is 12.9. The van der Waals surface area contributed by atoms with Gasteiger partial charge in [-0.3, -0.25) is 4.79 Å². The molecule has 2 unspecified atom stereocenters. The van der Waals surface area contributed by atoms with Gasteiger partial charge in [-0.25, -0.2) is 0 Å². The van der Waals surface area contributed by atoms with Crippen LogP contribution in [0, 0.1) is 27.1 Å². The minimum Gasteiger partial charge on any atom is -0.298 e. The fourth-order valence-electron chi connectivity index (χ4n) is 4.83. The summed E-state index contributed by atoms with van der Waals surface area (Å²) in [6.07, 6.45) is 2.18. The third kappa shape index (κ3) is 1.24. The lowest BCUT2D eigenvalue weighted by molar-refractivity contribution is -0.134. The van der Waals surface area contributed by atoms with Crippen LogP contribution in [0.2, 0.25) is 0 Å². The van der Waals surface area contributed by atoms with E-state index in [0.717, 1.165) is 12.8 Å². The number of rotatable bonds is 0. The smallest absolute Gasteiger partial charge is 0.145 e.